The van der Waals surface area contributed by atoms with Crippen LogP contribution in [0.5, 0.6) is 0 Å². The number of fused-ring (bicyclic) bond motifs is 1. The van der Waals surface area contributed by atoms with E-state index in [1.54, 1.807) is 22.7 Å². The summed E-state index contributed by atoms with van der Waals surface area (Å²) < 4.78 is 2.15. The van der Waals surface area contributed by atoms with Crippen molar-refractivity contribution in [2.75, 3.05) is 0 Å². The van der Waals surface area contributed by atoms with Crippen LogP contribution < -0.4 is 0 Å². The molecule has 3 nitrogen and oxygen atoms in total. The number of benzene rings is 1. The fraction of sp³-hybridized carbons (Fsp3) is 0.111. The highest BCUT2D eigenvalue weighted by Gasteiger charge is 2.13. The van der Waals surface area contributed by atoms with Crippen molar-refractivity contribution in [3.05, 3.63) is 52.7 Å². The summed E-state index contributed by atoms with van der Waals surface area (Å²) >= 11 is 3.36. The Bertz CT molecular complexity index is 987. The van der Waals surface area contributed by atoms with Crippen LogP contribution in [0.4, 0.5) is 0 Å². The number of aromatic nitrogens is 2. The van der Waals surface area contributed by atoms with Crippen LogP contribution >= 0.6 is 22.7 Å². The van der Waals surface area contributed by atoms with E-state index in [4.69, 9.17) is 10.2 Å². The average molecular weight is 335 g/mol. The van der Waals surface area contributed by atoms with Gasteiger partial charge in [-0.3, -0.25) is 0 Å². The third-order valence-electron chi connectivity index (χ3n) is 3.80. The molecule has 0 aliphatic carbocycles. The van der Waals surface area contributed by atoms with Gasteiger partial charge in [0.15, 0.2) is 0 Å². The molecule has 0 aliphatic rings. The molecule has 0 atom stereocenters. The maximum atomic E-state index is 8.86. The molecule has 0 amide bonds. The van der Waals surface area contributed by atoms with Gasteiger partial charge < -0.3 is 4.57 Å². The van der Waals surface area contributed by atoms with Crippen molar-refractivity contribution in [3.8, 4) is 27.9 Å². The minimum absolute atomic E-state index is 0.509. The van der Waals surface area contributed by atoms with Crippen LogP contribution in [0.3, 0.4) is 0 Å². The van der Waals surface area contributed by atoms with E-state index in [0.29, 0.717) is 13.0 Å². The first kappa shape index (κ1) is 14.2. The van der Waals surface area contributed by atoms with Crippen molar-refractivity contribution < 1.29 is 0 Å². The number of hydrogen-bond donors (Lipinski definition) is 0. The third-order valence-corrected chi connectivity index (χ3v) is 5.38. The molecule has 112 valence electrons. The summed E-state index contributed by atoms with van der Waals surface area (Å²) in [6.07, 6.45) is 2.63. The fourth-order valence-electron chi connectivity index (χ4n) is 2.72. The van der Waals surface area contributed by atoms with Crippen LogP contribution in [-0.2, 0) is 6.54 Å². The first-order chi connectivity index (χ1) is 11.4. The number of aryl methyl sites for hydroxylation is 1. The van der Waals surface area contributed by atoms with Crippen LogP contribution in [0.15, 0.2) is 52.7 Å². The Labute approximate surface area is 142 Å². The molecule has 0 aliphatic heterocycles. The summed E-state index contributed by atoms with van der Waals surface area (Å²) in [6.45, 7) is 0.707. The Morgan fingerprint density at radius 3 is 2.91 bits per heavy atom. The molecule has 1 aromatic carbocycles. The molecule has 0 saturated heterocycles. The smallest absolute Gasteiger partial charge is 0.124 e. The van der Waals surface area contributed by atoms with E-state index in [-0.39, 0.29) is 0 Å². The highest BCUT2D eigenvalue weighted by Crippen LogP contribution is 2.34. The minimum atomic E-state index is 0.509. The molecule has 5 heteroatoms. The largest absolute Gasteiger partial charge is 0.346 e. The summed E-state index contributed by atoms with van der Waals surface area (Å²) in [5, 5.41) is 17.4. The van der Waals surface area contributed by atoms with Crippen LogP contribution in [0.1, 0.15) is 6.42 Å². The molecule has 23 heavy (non-hydrogen) atoms. The SMILES string of the molecule is N#CCCn1cc(-c2csc(-c3ccsc3)n2)c2ccccc21. The molecule has 3 heterocycles. The van der Waals surface area contributed by atoms with E-state index in [2.05, 4.69) is 51.2 Å². The zero-order valence-corrected chi connectivity index (χ0v) is 13.9. The van der Waals surface area contributed by atoms with Crippen molar-refractivity contribution in [1.29, 1.82) is 5.26 Å². The maximum Gasteiger partial charge on any atom is 0.124 e. The second kappa shape index (κ2) is 5.99. The molecule has 0 saturated carbocycles. The van der Waals surface area contributed by atoms with Crippen molar-refractivity contribution in [1.82, 2.24) is 9.55 Å². The highest BCUT2D eigenvalue weighted by atomic mass is 32.1. The summed E-state index contributed by atoms with van der Waals surface area (Å²) in [5.41, 5.74) is 4.47. The van der Waals surface area contributed by atoms with Crippen LogP contribution in [0.25, 0.3) is 32.7 Å². The number of thiophene rings is 1. The van der Waals surface area contributed by atoms with Gasteiger partial charge in [-0.2, -0.15) is 16.6 Å². The number of para-hydroxylation sites is 1. The van der Waals surface area contributed by atoms with E-state index in [1.807, 2.05) is 12.1 Å². The van der Waals surface area contributed by atoms with Gasteiger partial charge in [-0.05, 0) is 17.5 Å². The lowest BCUT2D eigenvalue weighted by Crippen LogP contribution is -1.94. The molecule has 0 unspecified atom stereocenters. The van der Waals surface area contributed by atoms with Crippen molar-refractivity contribution >= 4 is 33.6 Å². The van der Waals surface area contributed by atoms with Gasteiger partial charge in [-0.15, -0.1) is 11.3 Å². The topological polar surface area (TPSA) is 41.6 Å². The molecule has 4 aromatic rings. The lowest BCUT2D eigenvalue weighted by atomic mass is 10.1. The summed E-state index contributed by atoms with van der Waals surface area (Å²) in [7, 11) is 0. The summed E-state index contributed by atoms with van der Waals surface area (Å²) in [5.74, 6) is 0. The van der Waals surface area contributed by atoms with Crippen LogP contribution in [-0.4, -0.2) is 9.55 Å². The molecular formula is C18H13N3S2. The molecule has 0 spiro atoms. The summed E-state index contributed by atoms with van der Waals surface area (Å²) in [6, 6.07) is 12.6. The van der Waals surface area contributed by atoms with Gasteiger partial charge in [0.1, 0.15) is 5.01 Å². The predicted octanol–water partition coefficient (Wildman–Crippen LogP) is 5.41. The van der Waals surface area contributed by atoms with Gasteiger partial charge in [0, 0.05) is 45.5 Å². The molecular weight excluding hydrogens is 322 g/mol. The zero-order valence-electron chi connectivity index (χ0n) is 12.3. The van der Waals surface area contributed by atoms with Gasteiger partial charge in [0.2, 0.25) is 0 Å². The lowest BCUT2D eigenvalue weighted by molar-refractivity contribution is 0.745. The zero-order chi connectivity index (χ0) is 15.6. The fourth-order valence-corrected chi connectivity index (χ4v) is 4.25. The molecule has 3 aromatic heterocycles. The van der Waals surface area contributed by atoms with E-state index in [1.165, 1.54) is 10.9 Å². The quantitative estimate of drug-likeness (QED) is 0.500. The Balaban J connectivity index is 1.81. The molecule has 0 fully saturated rings. The molecule has 0 bridgehead atoms. The highest BCUT2D eigenvalue weighted by molar-refractivity contribution is 7.14. The Morgan fingerprint density at radius 1 is 1.17 bits per heavy atom. The molecule has 0 radical (unpaired) electrons. The third kappa shape index (κ3) is 2.56. The lowest BCUT2D eigenvalue weighted by Gasteiger charge is -2.00. The Morgan fingerprint density at radius 2 is 2.09 bits per heavy atom. The number of nitrogens with zero attached hydrogens (tertiary/aromatic N) is 3. The number of hydrogen-bond acceptors (Lipinski definition) is 4. The van der Waals surface area contributed by atoms with Gasteiger partial charge in [-0.1, -0.05) is 18.2 Å². The first-order valence-corrected chi connectivity index (χ1v) is 9.12. The van der Waals surface area contributed by atoms with E-state index >= 15 is 0 Å². The molecule has 4 rings (SSSR count). The van der Waals surface area contributed by atoms with Crippen molar-refractivity contribution in [2.45, 2.75) is 13.0 Å². The van der Waals surface area contributed by atoms with Gasteiger partial charge >= 0.3 is 0 Å². The van der Waals surface area contributed by atoms with Gasteiger partial charge in [0.25, 0.3) is 0 Å². The number of rotatable bonds is 4. The van der Waals surface area contributed by atoms with Crippen LogP contribution in [0, 0.1) is 11.3 Å². The van der Waals surface area contributed by atoms with E-state index in [0.717, 1.165) is 21.8 Å². The first-order valence-electron chi connectivity index (χ1n) is 7.30. The van der Waals surface area contributed by atoms with Gasteiger partial charge in [0.05, 0.1) is 18.2 Å². The Kier molecular flexibility index (Phi) is 3.70. The normalized spacial score (nSPS) is 10.9. The standard InChI is InChI=1S/C18H13N3S2/c19-7-3-8-21-10-15(14-4-1-2-5-17(14)21)16-12-23-18(20-16)13-6-9-22-11-13/h1-2,4-6,9-12H,3,8H2. The number of nitriles is 1. The maximum absolute atomic E-state index is 8.86. The summed E-state index contributed by atoms with van der Waals surface area (Å²) in [4.78, 5) is 4.81. The average Bonchev–Trinajstić information content (AvgIpc) is 3.31. The Hall–Kier alpha value is -2.42. The van der Waals surface area contributed by atoms with Gasteiger partial charge in [-0.25, -0.2) is 4.98 Å². The van der Waals surface area contributed by atoms with E-state index < -0.39 is 0 Å². The van der Waals surface area contributed by atoms with Crippen molar-refractivity contribution in [2.24, 2.45) is 0 Å². The predicted molar refractivity (Wildman–Crippen MR) is 96.6 cm³/mol. The second-order valence-corrected chi connectivity index (χ2v) is 6.85. The second-order valence-electron chi connectivity index (χ2n) is 5.21. The number of thiazole rings is 1. The van der Waals surface area contributed by atoms with Crippen molar-refractivity contribution in [3.63, 3.8) is 0 Å². The minimum Gasteiger partial charge on any atom is -0.346 e. The monoisotopic (exact) mass is 335 g/mol. The van der Waals surface area contributed by atoms with E-state index in [9.17, 15) is 0 Å². The van der Waals surface area contributed by atoms with Crippen LogP contribution in [0.2, 0.25) is 0 Å². The molecule has 0 N–H and O–H groups in total.